The molecule has 5 rings (SSSR count). The van der Waals surface area contributed by atoms with Gasteiger partial charge in [-0.2, -0.15) is 8.78 Å². The lowest BCUT2D eigenvalue weighted by Gasteiger charge is -2.65. The molecule has 0 aromatic carbocycles. The standard InChI is InChI=1S/C19H25F2N3OS/c1-13-15(3-4-16(22-13)17(2,20)21)26-24-9-18(10-24)7-14(8-18)23-11-19(12-23)5-6-25-19/h3-4,14H,5-12H2,1-2H3. The Morgan fingerprint density at radius 2 is 1.92 bits per heavy atom. The third-order valence-electron chi connectivity index (χ3n) is 6.54. The van der Waals surface area contributed by atoms with Gasteiger partial charge in [0.1, 0.15) is 5.69 Å². The zero-order chi connectivity index (χ0) is 18.2. The molecule has 3 aliphatic heterocycles. The van der Waals surface area contributed by atoms with Gasteiger partial charge in [-0.3, -0.25) is 9.88 Å². The van der Waals surface area contributed by atoms with Gasteiger partial charge in [0.2, 0.25) is 0 Å². The summed E-state index contributed by atoms with van der Waals surface area (Å²) in [5.74, 6) is -2.88. The predicted octanol–water partition coefficient (Wildman–Crippen LogP) is 3.45. The van der Waals surface area contributed by atoms with Gasteiger partial charge in [-0.1, -0.05) is 0 Å². The summed E-state index contributed by atoms with van der Waals surface area (Å²) in [4.78, 5) is 7.67. The van der Waals surface area contributed by atoms with Crippen LogP contribution in [-0.4, -0.2) is 58.6 Å². The highest BCUT2D eigenvalue weighted by molar-refractivity contribution is 7.97. The van der Waals surface area contributed by atoms with Crippen molar-refractivity contribution in [3.05, 3.63) is 23.5 Å². The van der Waals surface area contributed by atoms with Gasteiger partial charge < -0.3 is 4.74 Å². The lowest BCUT2D eigenvalue weighted by molar-refractivity contribution is -0.245. The molecule has 0 atom stereocenters. The van der Waals surface area contributed by atoms with Crippen LogP contribution in [0.5, 0.6) is 0 Å². The van der Waals surface area contributed by atoms with Crippen molar-refractivity contribution in [2.45, 2.75) is 55.6 Å². The summed E-state index contributed by atoms with van der Waals surface area (Å²) in [6.45, 7) is 8.10. The zero-order valence-corrected chi connectivity index (χ0v) is 16.1. The van der Waals surface area contributed by atoms with E-state index >= 15 is 0 Å². The molecule has 4 nitrogen and oxygen atoms in total. The Balaban J connectivity index is 1.11. The highest BCUT2D eigenvalue weighted by atomic mass is 32.2. The summed E-state index contributed by atoms with van der Waals surface area (Å²) < 4.78 is 34.8. The van der Waals surface area contributed by atoms with Gasteiger partial charge in [0, 0.05) is 55.9 Å². The Hall–Kier alpha value is -0.760. The molecule has 1 saturated carbocycles. The molecule has 1 aliphatic carbocycles. The second-order valence-corrected chi connectivity index (χ2v) is 9.95. The highest BCUT2D eigenvalue weighted by Gasteiger charge is 2.59. The lowest BCUT2D eigenvalue weighted by Crippen LogP contribution is -2.74. The number of aryl methyl sites for hydroxylation is 1. The van der Waals surface area contributed by atoms with E-state index in [1.807, 2.05) is 6.92 Å². The third kappa shape index (κ3) is 2.79. The Labute approximate surface area is 157 Å². The maximum absolute atomic E-state index is 13.4. The summed E-state index contributed by atoms with van der Waals surface area (Å²) >= 11 is 1.66. The van der Waals surface area contributed by atoms with Gasteiger partial charge in [-0.15, -0.1) is 0 Å². The number of halogens is 2. The van der Waals surface area contributed by atoms with E-state index in [9.17, 15) is 8.78 Å². The molecule has 2 spiro atoms. The van der Waals surface area contributed by atoms with Crippen molar-refractivity contribution >= 4 is 11.9 Å². The molecular formula is C19H25F2N3OS. The van der Waals surface area contributed by atoms with E-state index in [0.29, 0.717) is 11.1 Å². The molecule has 0 amide bonds. The second-order valence-electron chi connectivity index (χ2n) is 8.81. The number of aromatic nitrogens is 1. The minimum atomic E-state index is -2.88. The maximum Gasteiger partial charge on any atom is 0.286 e. The van der Waals surface area contributed by atoms with E-state index in [1.165, 1.54) is 25.3 Å². The highest BCUT2D eigenvalue weighted by Crippen LogP contribution is 2.55. The molecule has 0 unspecified atom stereocenters. The van der Waals surface area contributed by atoms with Crippen LogP contribution in [0.25, 0.3) is 0 Å². The maximum atomic E-state index is 13.4. The minimum Gasteiger partial charge on any atom is -0.372 e. The molecule has 142 valence electrons. The Morgan fingerprint density at radius 1 is 1.23 bits per heavy atom. The van der Waals surface area contributed by atoms with E-state index < -0.39 is 5.92 Å². The summed E-state index contributed by atoms with van der Waals surface area (Å²) in [6, 6.07) is 3.98. The van der Waals surface area contributed by atoms with Crippen LogP contribution < -0.4 is 0 Å². The van der Waals surface area contributed by atoms with Gasteiger partial charge in [0.15, 0.2) is 0 Å². The Bertz CT molecular complexity index is 712. The van der Waals surface area contributed by atoms with Crippen LogP contribution in [0.3, 0.4) is 0 Å². The van der Waals surface area contributed by atoms with E-state index in [4.69, 9.17) is 4.74 Å². The van der Waals surface area contributed by atoms with Crippen molar-refractivity contribution in [2.24, 2.45) is 5.41 Å². The van der Waals surface area contributed by atoms with Gasteiger partial charge in [0.05, 0.1) is 17.9 Å². The first-order chi connectivity index (χ1) is 12.3. The molecule has 4 aliphatic rings. The van der Waals surface area contributed by atoms with Gasteiger partial charge in [-0.25, -0.2) is 4.31 Å². The summed E-state index contributed by atoms with van der Waals surface area (Å²) in [5, 5.41) is 0. The van der Waals surface area contributed by atoms with E-state index in [0.717, 1.165) is 50.6 Å². The van der Waals surface area contributed by atoms with Crippen molar-refractivity contribution in [1.82, 2.24) is 14.2 Å². The van der Waals surface area contributed by atoms with Gasteiger partial charge in [0.25, 0.3) is 5.92 Å². The van der Waals surface area contributed by atoms with Crippen LogP contribution in [0.1, 0.15) is 37.6 Å². The molecule has 0 bridgehead atoms. The first kappa shape index (κ1) is 17.3. The molecular weight excluding hydrogens is 356 g/mol. The number of pyridine rings is 1. The molecule has 4 heterocycles. The fourth-order valence-electron chi connectivity index (χ4n) is 4.84. The molecule has 0 radical (unpaired) electrons. The fourth-order valence-corrected chi connectivity index (χ4v) is 6.10. The number of hydrogen-bond donors (Lipinski definition) is 0. The van der Waals surface area contributed by atoms with Crippen molar-refractivity contribution < 1.29 is 13.5 Å². The molecule has 4 fully saturated rings. The van der Waals surface area contributed by atoms with Crippen LogP contribution in [0.4, 0.5) is 8.78 Å². The average Bonchev–Trinajstić information content (AvgIpc) is 2.39. The van der Waals surface area contributed by atoms with Crippen LogP contribution in [-0.2, 0) is 10.7 Å². The SMILES string of the molecule is Cc1nc(C(C)(F)F)ccc1SN1CC2(CC(N3CC4(CCO4)C3)C2)C1. The monoisotopic (exact) mass is 381 g/mol. The lowest BCUT2D eigenvalue weighted by atomic mass is 9.60. The number of rotatable bonds is 4. The quantitative estimate of drug-likeness (QED) is 0.745. The first-order valence-corrected chi connectivity index (χ1v) is 10.2. The predicted molar refractivity (Wildman–Crippen MR) is 96.3 cm³/mol. The summed E-state index contributed by atoms with van der Waals surface area (Å²) in [7, 11) is 0. The molecule has 3 saturated heterocycles. The number of ether oxygens (including phenoxy) is 1. The normalized spacial score (nSPS) is 27.7. The minimum absolute atomic E-state index is 0.149. The molecule has 7 heteroatoms. The largest absolute Gasteiger partial charge is 0.372 e. The van der Waals surface area contributed by atoms with Gasteiger partial charge >= 0.3 is 0 Å². The summed E-state index contributed by atoms with van der Waals surface area (Å²) in [5.41, 5.74) is 1.26. The van der Waals surface area contributed by atoms with E-state index in [-0.39, 0.29) is 11.3 Å². The van der Waals surface area contributed by atoms with Crippen molar-refractivity contribution in [2.75, 3.05) is 32.8 Å². The van der Waals surface area contributed by atoms with Crippen molar-refractivity contribution in [3.8, 4) is 0 Å². The molecule has 0 N–H and O–H groups in total. The van der Waals surface area contributed by atoms with Gasteiger partial charge in [-0.05, 0) is 43.8 Å². The Kier molecular flexibility index (Phi) is 3.75. The molecule has 1 aromatic heterocycles. The zero-order valence-electron chi connectivity index (χ0n) is 15.3. The van der Waals surface area contributed by atoms with Crippen molar-refractivity contribution in [1.29, 1.82) is 0 Å². The number of hydrogen-bond acceptors (Lipinski definition) is 5. The second kappa shape index (κ2) is 5.63. The topological polar surface area (TPSA) is 28.6 Å². The first-order valence-electron chi connectivity index (χ1n) is 9.43. The molecule has 26 heavy (non-hydrogen) atoms. The number of likely N-dealkylation sites (tertiary alicyclic amines) is 1. The molecule has 1 aromatic rings. The van der Waals surface area contributed by atoms with Crippen LogP contribution in [0.15, 0.2) is 17.0 Å². The van der Waals surface area contributed by atoms with Crippen LogP contribution in [0, 0.1) is 12.3 Å². The smallest absolute Gasteiger partial charge is 0.286 e. The fraction of sp³-hybridized carbons (Fsp3) is 0.737. The van der Waals surface area contributed by atoms with Crippen LogP contribution in [0.2, 0.25) is 0 Å². The number of alkyl halides is 2. The summed E-state index contributed by atoms with van der Waals surface area (Å²) in [6.07, 6.45) is 3.82. The number of nitrogens with zero attached hydrogens (tertiary/aromatic N) is 3. The van der Waals surface area contributed by atoms with Crippen LogP contribution >= 0.6 is 11.9 Å². The average molecular weight is 381 g/mol. The third-order valence-corrected chi connectivity index (χ3v) is 7.68. The van der Waals surface area contributed by atoms with E-state index in [2.05, 4.69) is 14.2 Å². The van der Waals surface area contributed by atoms with Crippen molar-refractivity contribution in [3.63, 3.8) is 0 Å². The Morgan fingerprint density at radius 3 is 2.46 bits per heavy atom. The van der Waals surface area contributed by atoms with E-state index in [1.54, 1.807) is 18.0 Å².